The van der Waals surface area contributed by atoms with Gasteiger partial charge in [-0.25, -0.2) is 0 Å². The molecule has 0 amide bonds. The van der Waals surface area contributed by atoms with Crippen LogP contribution in [0.3, 0.4) is 0 Å². The maximum absolute atomic E-state index is 6.13. The molecule has 128 valence electrons. The van der Waals surface area contributed by atoms with E-state index in [2.05, 4.69) is 59.5 Å². The Kier molecular flexibility index (Phi) is 4.08. The summed E-state index contributed by atoms with van der Waals surface area (Å²) in [6.07, 6.45) is 2.50. The van der Waals surface area contributed by atoms with Crippen LogP contribution >= 0.6 is 22.9 Å². The van der Waals surface area contributed by atoms with Crippen LogP contribution in [-0.2, 0) is 6.42 Å². The van der Waals surface area contributed by atoms with Crippen molar-refractivity contribution < 1.29 is 0 Å². The van der Waals surface area contributed by atoms with Crippen molar-refractivity contribution in [3.8, 4) is 0 Å². The zero-order valence-corrected chi connectivity index (χ0v) is 15.8. The Morgan fingerprint density at radius 3 is 2.76 bits per heavy atom. The molecule has 5 rings (SSSR count). The highest BCUT2D eigenvalue weighted by Gasteiger charge is 2.47. The molecule has 1 aromatic heterocycles. The van der Waals surface area contributed by atoms with Crippen LogP contribution in [0.2, 0.25) is 4.34 Å². The standard InChI is InChI=1S/C22H22ClNS/c23-22-9-8-21(25-22)19-12-17-13-24(14-20(17)19)11-10-16-6-3-5-15-4-1-2-7-18(15)16/h1-9,17,19-20H,10-14H2. The fourth-order valence-corrected chi connectivity index (χ4v) is 6.08. The molecule has 3 heteroatoms. The summed E-state index contributed by atoms with van der Waals surface area (Å²) in [4.78, 5) is 4.19. The van der Waals surface area contributed by atoms with E-state index in [0.717, 1.165) is 28.5 Å². The van der Waals surface area contributed by atoms with Gasteiger partial charge in [0.05, 0.1) is 4.34 Å². The second-order valence-electron chi connectivity index (χ2n) is 7.56. The van der Waals surface area contributed by atoms with Gasteiger partial charge in [-0.2, -0.15) is 0 Å². The summed E-state index contributed by atoms with van der Waals surface area (Å²) >= 11 is 7.91. The summed E-state index contributed by atoms with van der Waals surface area (Å²) in [5, 5.41) is 2.77. The molecule has 2 heterocycles. The Bertz CT molecular complexity index is 896. The van der Waals surface area contributed by atoms with Crippen molar-refractivity contribution >= 4 is 33.7 Å². The first-order valence-electron chi connectivity index (χ1n) is 9.22. The number of hydrogen-bond acceptors (Lipinski definition) is 2. The predicted octanol–water partition coefficient (Wildman–Crippen LogP) is 5.83. The number of likely N-dealkylation sites (tertiary alicyclic amines) is 1. The molecule has 0 N–H and O–H groups in total. The molecule has 3 unspecified atom stereocenters. The number of benzene rings is 2. The minimum absolute atomic E-state index is 0.755. The maximum atomic E-state index is 6.13. The molecule has 0 radical (unpaired) electrons. The van der Waals surface area contributed by atoms with Crippen LogP contribution < -0.4 is 0 Å². The van der Waals surface area contributed by atoms with E-state index >= 15 is 0 Å². The number of halogens is 1. The molecule has 0 spiro atoms. The summed E-state index contributed by atoms with van der Waals surface area (Å²) in [5.41, 5.74) is 1.49. The largest absolute Gasteiger partial charge is 0.302 e. The Balaban J connectivity index is 1.25. The molecule has 2 aliphatic rings. The van der Waals surface area contributed by atoms with E-state index in [-0.39, 0.29) is 0 Å². The van der Waals surface area contributed by atoms with Crippen molar-refractivity contribution in [2.75, 3.05) is 19.6 Å². The first-order valence-corrected chi connectivity index (χ1v) is 10.4. The molecular weight excluding hydrogens is 346 g/mol. The first-order chi connectivity index (χ1) is 12.3. The smallest absolute Gasteiger partial charge is 0.0931 e. The van der Waals surface area contributed by atoms with E-state index in [4.69, 9.17) is 11.6 Å². The third-order valence-corrected chi connectivity index (χ3v) is 7.54. The molecule has 3 aromatic rings. The molecule has 2 aromatic carbocycles. The van der Waals surface area contributed by atoms with E-state index in [1.165, 1.54) is 47.3 Å². The summed E-state index contributed by atoms with van der Waals surface area (Å²) < 4.78 is 0.934. The molecule has 1 aliphatic carbocycles. The normalized spacial score (nSPS) is 25.9. The van der Waals surface area contributed by atoms with Crippen molar-refractivity contribution in [3.63, 3.8) is 0 Å². The van der Waals surface area contributed by atoms with Gasteiger partial charge >= 0.3 is 0 Å². The van der Waals surface area contributed by atoms with Crippen molar-refractivity contribution in [1.82, 2.24) is 4.90 Å². The van der Waals surface area contributed by atoms with Crippen molar-refractivity contribution in [3.05, 3.63) is 69.4 Å². The fraction of sp³-hybridized carbons (Fsp3) is 0.364. The minimum Gasteiger partial charge on any atom is -0.302 e. The van der Waals surface area contributed by atoms with E-state index in [9.17, 15) is 0 Å². The third-order valence-electron chi connectivity index (χ3n) is 6.18. The van der Waals surface area contributed by atoms with Gasteiger partial charge < -0.3 is 4.90 Å². The van der Waals surface area contributed by atoms with Crippen LogP contribution in [0.15, 0.2) is 54.6 Å². The van der Waals surface area contributed by atoms with Crippen LogP contribution in [0.4, 0.5) is 0 Å². The lowest BCUT2D eigenvalue weighted by molar-refractivity contribution is 0.194. The second kappa shape index (κ2) is 6.42. The lowest BCUT2D eigenvalue weighted by Crippen LogP contribution is -2.32. The van der Waals surface area contributed by atoms with Gasteiger partial charge in [0.15, 0.2) is 0 Å². The molecule has 1 nitrogen and oxygen atoms in total. The zero-order chi connectivity index (χ0) is 16.8. The SMILES string of the molecule is Clc1ccc(C2CC3CN(CCc4cccc5ccccc45)CC32)s1. The number of thiophene rings is 1. The van der Waals surface area contributed by atoms with E-state index in [1.807, 2.05) is 0 Å². The second-order valence-corrected chi connectivity index (χ2v) is 9.30. The van der Waals surface area contributed by atoms with E-state index < -0.39 is 0 Å². The summed E-state index contributed by atoms with van der Waals surface area (Å²) in [7, 11) is 0. The van der Waals surface area contributed by atoms with Gasteiger partial charge in [-0.1, -0.05) is 54.1 Å². The Morgan fingerprint density at radius 2 is 1.88 bits per heavy atom. The number of hydrogen-bond donors (Lipinski definition) is 0. The van der Waals surface area contributed by atoms with Crippen molar-refractivity contribution in [2.45, 2.75) is 18.8 Å². The van der Waals surface area contributed by atoms with Gasteiger partial charge in [-0.15, -0.1) is 11.3 Å². The summed E-state index contributed by atoms with van der Waals surface area (Å²) in [6, 6.07) is 19.8. The summed E-state index contributed by atoms with van der Waals surface area (Å²) in [5.74, 6) is 2.51. The number of fused-ring (bicyclic) bond motifs is 2. The van der Waals surface area contributed by atoms with Gasteiger partial charge in [0.1, 0.15) is 0 Å². The molecule has 1 aliphatic heterocycles. The maximum Gasteiger partial charge on any atom is 0.0931 e. The van der Waals surface area contributed by atoms with Gasteiger partial charge in [-0.3, -0.25) is 0 Å². The molecule has 0 bridgehead atoms. The fourth-order valence-electron chi connectivity index (χ4n) is 4.83. The predicted molar refractivity (Wildman–Crippen MR) is 108 cm³/mol. The molecule has 1 saturated heterocycles. The lowest BCUT2D eigenvalue weighted by atomic mass is 9.66. The highest BCUT2D eigenvalue weighted by molar-refractivity contribution is 7.16. The molecular formula is C22H22ClNS. The highest BCUT2D eigenvalue weighted by atomic mass is 35.5. The van der Waals surface area contributed by atoms with Gasteiger partial charge in [0, 0.05) is 24.5 Å². The molecule has 3 atom stereocenters. The quantitative estimate of drug-likeness (QED) is 0.560. The Morgan fingerprint density at radius 1 is 1.00 bits per heavy atom. The zero-order valence-electron chi connectivity index (χ0n) is 14.2. The number of rotatable bonds is 4. The van der Waals surface area contributed by atoms with Gasteiger partial charge in [0.25, 0.3) is 0 Å². The van der Waals surface area contributed by atoms with Crippen LogP contribution in [0.25, 0.3) is 10.8 Å². The van der Waals surface area contributed by atoms with Gasteiger partial charge in [0.2, 0.25) is 0 Å². The summed E-state index contributed by atoms with van der Waals surface area (Å²) in [6.45, 7) is 3.72. The van der Waals surface area contributed by atoms with Gasteiger partial charge in [-0.05, 0) is 59.1 Å². The first kappa shape index (κ1) is 15.9. The highest BCUT2D eigenvalue weighted by Crippen LogP contribution is 2.53. The Hall–Kier alpha value is -1.35. The average Bonchev–Trinajstić information content (AvgIpc) is 3.18. The minimum atomic E-state index is 0.755. The van der Waals surface area contributed by atoms with Crippen molar-refractivity contribution in [2.24, 2.45) is 11.8 Å². The average molecular weight is 368 g/mol. The van der Waals surface area contributed by atoms with Crippen molar-refractivity contribution in [1.29, 1.82) is 0 Å². The van der Waals surface area contributed by atoms with Crippen LogP contribution in [-0.4, -0.2) is 24.5 Å². The molecule has 25 heavy (non-hydrogen) atoms. The van der Waals surface area contributed by atoms with E-state index in [1.54, 1.807) is 11.3 Å². The monoisotopic (exact) mass is 367 g/mol. The molecule has 2 fully saturated rings. The Labute approximate surface area is 158 Å². The van der Waals surface area contributed by atoms with Crippen LogP contribution in [0.5, 0.6) is 0 Å². The van der Waals surface area contributed by atoms with E-state index in [0.29, 0.717) is 0 Å². The topological polar surface area (TPSA) is 3.24 Å². The van der Waals surface area contributed by atoms with Crippen LogP contribution in [0, 0.1) is 11.8 Å². The lowest BCUT2D eigenvalue weighted by Gasteiger charge is -2.39. The molecule has 1 saturated carbocycles. The third kappa shape index (κ3) is 2.91. The number of nitrogens with zero attached hydrogens (tertiary/aromatic N) is 1. The van der Waals surface area contributed by atoms with Crippen LogP contribution in [0.1, 0.15) is 22.8 Å².